The van der Waals surface area contributed by atoms with E-state index < -0.39 is 0 Å². The van der Waals surface area contributed by atoms with Crippen LogP contribution in [0.15, 0.2) is 23.3 Å². The van der Waals surface area contributed by atoms with Crippen LogP contribution in [-0.4, -0.2) is 17.9 Å². The molecule has 0 bridgehead atoms. The van der Waals surface area contributed by atoms with Crippen molar-refractivity contribution in [2.45, 2.75) is 85.2 Å². The van der Waals surface area contributed by atoms with Crippen molar-refractivity contribution in [3.63, 3.8) is 0 Å². The van der Waals surface area contributed by atoms with E-state index in [0.717, 1.165) is 59.8 Å². The van der Waals surface area contributed by atoms with Gasteiger partial charge in [-0.05, 0) is 103 Å². The number of ether oxygens (including phenoxy) is 1. The van der Waals surface area contributed by atoms with Crippen LogP contribution < -0.4 is 0 Å². The Morgan fingerprint density at radius 2 is 1.91 bits per heavy atom. The average molecular weight is 461 g/mol. The van der Waals surface area contributed by atoms with Gasteiger partial charge in [0.25, 0.3) is 0 Å². The molecule has 3 spiro atoms. The van der Waals surface area contributed by atoms with Gasteiger partial charge in [0, 0.05) is 17.4 Å². The van der Waals surface area contributed by atoms with Crippen LogP contribution in [0.2, 0.25) is 0 Å². The largest absolute Gasteiger partial charge is 0.458 e. The molecule has 182 valence electrons. The maximum absolute atomic E-state index is 13.4. The molecule has 13 unspecified atom stereocenters. The van der Waals surface area contributed by atoms with Gasteiger partial charge in [-0.1, -0.05) is 51.7 Å². The first kappa shape index (κ1) is 20.8. The number of carbonyl (C=O) groups excluding carboxylic acids is 2. The quantitative estimate of drug-likeness (QED) is 0.476. The Bertz CT molecular complexity index is 1080. The minimum atomic E-state index is -0.0646. The van der Waals surface area contributed by atoms with Crippen molar-refractivity contribution in [2.75, 3.05) is 0 Å². The molecular weight excluding hydrogens is 420 g/mol. The number of fused-ring (bicyclic) bond motifs is 3. The molecule has 8 rings (SSSR count). The summed E-state index contributed by atoms with van der Waals surface area (Å²) in [6, 6.07) is 0. The monoisotopic (exact) mass is 460 g/mol. The van der Waals surface area contributed by atoms with E-state index in [4.69, 9.17) is 4.74 Å². The number of rotatable bonds is 3. The van der Waals surface area contributed by atoms with Crippen molar-refractivity contribution in [3.05, 3.63) is 23.3 Å². The topological polar surface area (TPSA) is 43.4 Å². The molecule has 0 aromatic heterocycles. The molecule has 6 fully saturated rings. The SMILES string of the molecule is CCC1=C(C)CC(C(C)C2CCCC3C4C35C(CC3C6C7C=CC(=O)C45C736)C(C)CC2)OC1=O. The first-order valence-electron chi connectivity index (χ1n) is 14.5. The van der Waals surface area contributed by atoms with Crippen LogP contribution in [0.3, 0.4) is 0 Å². The van der Waals surface area contributed by atoms with Gasteiger partial charge in [0.2, 0.25) is 0 Å². The first-order chi connectivity index (χ1) is 16.4. The zero-order valence-electron chi connectivity index (χ0n) is 21.3. The summed E-state index contributed by atoms with van der Waals surface area (Å²) in [6.45, 7) is 9.06. The number of cyclic esters (lactones) is 1. The second-order valence-corrected chi connectivity index (χ2v) is 13.8. The number of allylic oxidation sites excluding steroid dienone is 2. The van der Waals surface area contributed by atoms with Crippen LogP contribution in [0.4, 0.5) is 0 Å². The van der Waals surface area contributed by atoms with Crippen molar-refractivity contribution in [1.29, 1.82) is 0 Å². The summed E-state index contributed by atoms with van der Waals surface area (Å²) in [5.74, 6) is 7.13. The first-order valence-corrected chi connectivity index (χ1v) is 14.5. The molecule has 6 saturated carbocycles. The summed E-state index contributed by atoms with van der Waals surface area (Å²) in [6.07, 6.45) is 13.9. The van der Waals surface area contributed by atoms with Crippen LogP contribution in [0.25, 0.3) is 0 Å². The Morgan fingerprint density at radius 3 is 2.68 bits per heavy atom. The fourth-order valence-electron chi connectivity index (χ4n) is 12.1. The maximum Gasteiger partial charge on any atom is 0.334 e. The van der Waals surface area contributed by atoms with Gasteiger partial charge in [-0.2, -0.15) is 0 Å². The molecule has 0 aromatic rings. The second-order valence-electron chi connectivity index (χ2n) is 13.8. The third-order valence-corrected chi connectivity index (χ3v) is 13.4. The number of hydrogen-bond acceptors (Lipinski definition) is 3. The van der Waals surface area contributed by atoms with E-state index in [-0.39, 0.29) is 17.5 Å². The van der Waals surface area contributed by atoms with Gasteiger partial charge in [0.1, 0.15) is 6.10 Å². The van der Waals surface area contributed by atoms with E-state index in [9.17, 15) is 9.59 Å². The zero-order valence-corrected chi connectivity index (χ0v) is 21.3. The van der Waals surface area contributed by atoms with Crippen molar-refractivity contribution in [1.82, 2.24) is 0 Å². The van der Waals surface area contributed by atoms with Crippen LogP contribution >= 0.6 is 0 Å². The highest BCUT2D eigenvalue weighted by Gasteiger charge is 3.13. The van der Waals surface area contributed by atoms with Crippen molar-refractivity contribution in [2.24, 2.45) is 69.5 Å². The van der Waals surface area contributed by atoms with E-state index in [1.54, 1.807) is 0 Å². The zero-order chi connectivity index (χ0) is 23.4. The Balaban J connectivity index is 1.03. The summed E-state index contributed by atoms with van der Waals surface area (Å²) in [7, 11) is 0. The van der Waals surface area contributed by atoms with Crippen molar-refractivity contribution >= 4 is 11.8 Å². The predicted molar refractivity (Wildman–Crippen MR) is 129 cm³/mol. The lowest BCUT2D eigenvalue weighted by molar-refractivity contribution is -0.150. The molecule has 0 saturated heterocycles. The molecule has 3 nitrogen and oxygen atoms in total. The predicted octanol–water partition coefficient (Wildman–Crippen LogP) is 6.13. The van der Waals surface area contributed by atoms with Crippen molar-refractivity contribution < 1.29 is 14.3 Å². The van der Waals surface area contributed by atoms with Gasteiger partial charge < -0.3 is 4.74 Å². The molecule has 8 aliphatic rings. The lowest BCUT2D eigenvalue weighted by Crippen LogP contribution is -2.48. The summed E-state index contributed by atoms with van der Waals surface area (Å²) < 4.78 is 6.00. The molecule has 0 aromatic carbocycles. The van der Waals surface area contributed by atoms with Crippen LogP contribution in [0, 0.1) is 69.5 Å². The fraction of sp³-hybridized carbons (Fsp3) is 0.806. The Morgan fingerprint density at radius 1 is 1.09 bits per heavy atom. The standard InChI is InChI=1S/C31H40O3/c1-5-19-16(3)13-24(34-28(19)33)17(4)18-7-6-8-21-27-30(21)22(15(2)9-10-18)14-23-26-20-11-12-25(32)31(27,30)29(20,23)26/h11-12,15,17-18,20-24,26-27H,5-10,13-14H2,1-4H3. The number of ketones is 1. The third-order valence-electron chi connectivity index (χ3n) is 13.4. The smallest absolute Gasteiger partial charge is 0.334 e. The molecule has 0 N–H and O–H groups in total. The molecule has 0 amide bonds. The molecule has 1 heterocycles. The molecule has 1 aliphatic heterocycles. The summed E-state index contributed by atoms with van der Waals surface area (Å²) in [5.41, 5.74) is 3.13. The van der Waals surface area contributed by atoms with Crippen LogP contribution in [0.1, 0.15) is 79.1 Å². The third kappa shape index (κ3) is 1.91. The fourth-order valence-corrected chi connectivity index (χ4v) is 12.1. The maximum atomic E-state index is 13.4. The van der Waals surface area contributed by atoms with Crippen LogP contribution in [-0.2, 0) is 14.3 Å². The lowest BCUT2D eigenvalue weighted by Gasteiger charge is -2.48. The summed E-state index contributed by atoms with van der Waals surface area (Å²) in [4.78, 5) is 26.0. The Labute approximate surface area is 204 Å². The minimum absolute atomic E-state index is 0.0479. The number of esters is 1. The van der Waals surface area contributed by atoms with Gasteiger partial charge in [-0.15, -0.1) is 0 Å². The number of hydrogen-bond donors (Lipinski definition) is 0. The van der Waals surface area contributed by atoms with Gasteiger partial charge in [0.05, 0.1) is 0 Å². The lowest BCUT2D eigenvalue weighted by atomic mass is 9.54. The van der Waals surface area contributed by atoms with E-state index in [1.807, 2.05) is 6.08 Å². The van der Waals surface area contributed by atoms with Gasteiger partial charge in [0.15, 0.2) is 5.78 Å². The van der Waals surface area contributed by atoms with Gasteiger partial charge in [-0.3, -0.25) is 4.79 Å². The molecule has 13 atom stereocenters. The minimum Gasteiger partial charge on any atom is -0.458 e. The summed E-state index contributed by atoms with van der Waals surface area (Å²) >= 11 is 0. The van der Waals surface area contributed by atoms with E-state index >= 15 is 0 Å². The molecule has 34 heavy (non-hydrogen) atoms. The summed E-state index contributed by atoms with van der Waals surface area (Å²) in [5, 5.41) is 0. The van der Waals surface area contributed by atoms with E-state index in [2.05, 4.69) is 33.8 Å². The second kappa shape index (κ2) is 6.12. The van der Waals surface area contributed by atoms with E-state index in [1.165, 1.54) is 44.1 Å². The van der Waals surface area contributed by atoms with E-state index in [0.29, 0.717) is 28.4 Å². The highest BCUT2D eigenvalue weighted by Crippen LogP contribution is 3.13. The van der Waals surface area contributed by atoms with Gasteiger partial charge in [-0.25, -0.2) is 4.79 Å². The van der Waals surface area contributed by atoms with Crippen molar-refractivity contribution in [3.8, 4) is 0 Å². The van der Waals surface area contributed by atoms with Gasteiger partial charge >= 0.3 is 5.97 Å². The highest BCUT2D eigenvalue weighted by molar-refractivity contribution is 6.05. The molecule has 3 heteroatoms. The Hall–Kier alpha value is -1.38. The van der Waals surface area contributed by atoms with Crippen LogP contribution in [0.5, 0.6) is 0 Å². The average Bonchev–Trinajstić information content (AvgIpc) is 3.70. The molecule has 0 radical (unpaired) electrons. The molecule has 7 aliphatic carbocycles. The molecular formula is C31H40O3. The number of carbonyl (C=O) groups is 2. The normalized spacial score (nSPS) is 58.5. The Kier molecular flexibility index (Phi) is 3.74. The highest BCUT2D eigenvalue weighted by atomic mass is 16.5.